The molecule has 0 aliphatic carbocycles. The highest BCUT2D eigenvalue weighted by atomic mass is 16.2. The predicted octanol–water partition coefficient (Wildman–Crippen LogP) is 2.38. The zero-order chi connectivity index (χ0) is 14.4. The molecule has 1 atom stereocenters. The first-order valence-electron chi connectivity index (χ1n) is 6.49. The van der Waals surface area contributed by atoms with E-state index in [1.54, 1.807) is 19.3 Å². The van der Waals surface area contributed by atoms with Gasteiger partial charge in [-0.2, -0.15) is 0 Å². The molecule has 2 heterocycles. The van der Waals surface area contributed by atoms with Gasteiger partial charge in [0.25, 0.3) is 11.8 Å². The van der Waals surface area contributed by atoms with Crippen LogP contribution in [0.1, 0.15) is 50.6 Å². The first kappa shape index (κ1) is 12.6. The normalized spacial score (nSPS) is 15.7. The van der Waals surface area contributed by atoms with E-state index in [4.69, 9.17) is 0 Å². The second-order valence-corrected chi connectivity index (χ2v) is 5.08. The maximum atomic E-state index is 12.6. The molecule has 1 aromatic heterocycles. The number of amides is 2. The number of benzene rings is 1. The van der Waals surface area contributed by atoms with Crippen LogP contribution in [0.5, 0.6) is 0 Å². The number of H-pyrrole nitrogens is 1. The summed E-state index contributed by atoms with van der Waals surface area (Å²) < 4.78 is 0. The number of hydrogen-bond donors (Lipinski definition) is 1. The number of imide groups is 1. The molecule has 2 amide bonds. The molecule has 0 saturated carbocycles. The summed E-state index contributed by atoms with van der Waals surface area (Å²) in [5, 5.41) is 0. The molecular formula is C15H15N3O2. The highest BCUT2D eigenvalue weighted by molar-refractivity contribution is 6.22. The fourth-order valence-corrected chi connectivity index (χ4v) is 2.68. The van der Waals surface area contributed by atoms with Crippen LogP contribution in [-0.2, 0) is 0 Å². The van der Waals surface area contributed by atoms with E-state index >= 15 is 0 Å². The summed E-state index contributed by atoms with van der Waals surface area (Å²) in [6, 6.07) is 3.34. The molecule has 5 heteroatoms. The van der Waals surface area contributed by atoms with Gasteiger partial charge < -0.3 is 4.98 Å². The summed E-state index contributed by atoms with van der Waals surface area (Å²) in [5.74, 6) is 0.125. The van der Waals surface area contributed by atoms with Crippen LogP contribution in [0.3, 0.4) is 0 Å². The molecule has 5 nitrogen and oxygen atoms in total. The van der Waals surface area contributed by atoms with Gasteiger partial charge in [-0.15, -0.1) is 0 Å². The quantitative estimate of drug-likeness (QED) is 0.851. The summed E-state index contributed by atoms with van der Waals surface area (Å²) in [7, 11) is 0. The molecule has 1 unspecified atom stereocenters. The lowest BCUT2D eigenvalue weighted by Gasteiger charge is -2.20. The summed E-state index contributed by atoms with van der Waals surface area (Å²) in [6.07, 6.45) is 3.29. The van der Waals surface area contributed by atoms with Gasteiger partial charge in [0.15, 0.2) is 0 Å². The monoisotopic (exact) mass is 269 g/mol. The van der Waals surface area contributed by atoms with Crippen molar-refractivity contribution in [2.75, 3.05) is 0 Å². The lowest BCUT2D eigenvalue weighted by molar-refractivity contribution is 0.0589. The Morgan fingerprint density at radius 3 is 2.10 bits per heavy atom. The van der Waals surface area contributed by atoms with E-state index in [1.165, 1.54) is 4.90 Å². The largest absolute Gasteiger partial charge is 0.347 e. The van der Waals surface area contributed by atoms with Crippen molar-refractivity contribution in [2.24, 2.45) is 0 Å². The summed E-state index contributed by atoms with van der Waals surface area (Å²) in [5.41, 5.74) is 2.71. The maximum Gasteiger partial charge on any atom is 0.262 e. The average molecular weight is 269 g/mol. The molecule has 1 N–H and O–H groups in total. The van der Waals surface area contributed by atoms with Crippen molar-refractivity contribution >= 4 is 11.8 Å². The van der Waals surface area contributed by atoms with E-state index in [2.05, 4.69) is 9.97 Å². The first-order chi connectivity index (χ1) is 9.52. The van der Waals surface area contributed by atoms with Gasteiger partial charge in [0.05, 0.1) is 17.2 Å². The van der Waals surface area contributed by atoms with Crippen molar-refractivity contribution in [2.45, 2.75) is 26.8 Å². The van der Waals surface area contributed by atoms with Crippen LogP contribution in [0, 0.1) is 13.8 Å². The minimum atomic E-state index is -0.406. The third kappa shape index (κ3) is 1.59. The number of nitrogens with zero attached hydrogens (tertiary/aromatic N) is 2. The van der Waals surface area contributed by atoms with Crippen LogP contribution < -0.4 is 0 Å². The molecule has 20 heavy (non-hydrogen) atoms. The van der Waals surface area contributed by atoms with Gasteiger partial charge in [0.2, 0.25) is 0 Å². The molecule has 0 fully saturated rings. The van der Waals surface area contributed by atoms with Gasteiger partial charge in [-0.1, -0.05) is 12.1 Å². The smallest absolute Gasteiger partial charge is 0.262 e. The van der Waals surface area contributed by atoms with Crippen molar-refractivity contribution < 1.29 is 9.59 Å². The Kier molecular flexibility index (Phi) is 2.71. The minimum Gasteiger partial charge on any atom is -0.347 e. The van der Waals surface area contributed by atoms with E-state index in [-0.39, 0.29) is 11.8 Å². The van der Waals surface area contributed by atoms with E-state index in [0.717, 1.165) is 11.1 Å². The topological polar surface area (TPSA) is 66.1 Å². The molecule has 0 spiro atoms. The van der Waals surface area contributed by atoms with Crippen molar-refractivity contribution in [3.8, 4) is 0 Å². The van der Waals surface area contributed by atoms with Crippen LogP contribution in [0.2, 0.25) is 0 Å². The molecule has 0 radical (unpaired) electrons. The van der Waals surface area contributed by atoms with Crippen LogP contribution >= 0.6 is 0 Å². The molecule has 0 bridgehead atoms. The summed E-state index contributed by atoms with van der Waals surface area (Å²) >= 11 is 0. The van der Waals surface area contributed by atoms with Gasteiger partial charge >= 0.3 is 0 Å². The number of hydrogen-bond acceptors (Lipinski definition) is 3. The van der Waals surface area contributed by atoms with Crippen molar-refractivity contribution in [3.63, 3.8) is 0 Å². The van der Waals surface area contributed by atoms with Crippen LogP contribution in [0.15, 0.2) is 24.5 Å². The third-order valence-electron chi connectivity index (χ3n) is 3.79. The Bertz CT molecular complexity index is 663. The second kappa shape index (κ2) is 4.30. The molecular weight excluding hydrogens is 254 g/mol. The summed E-state index contributed by atoms with van der Waals surface area (Å²) in [4.78, 5) is 33.5. The lowest BCUT2D eigenvalue weighted by atomic mass is 9.99. The molecule has 2 aromatic rings. The number of imidazole rings is 1. The number of aryl methyl sites for hydroxylation is 2. The Labute approximate surface area is 116 Å². The second-order valence-electron chi connectivity index (χ2n) is 5.08. The molecule has 0 saturated heterocycles. The van der Waals surface area contributed by atoms with Gasteiger partial charge in [-0.3, -0.25) is 14.5 Å². The number of rotatable bonds is 2. The molecule has 102 valence electrons. The number of carbonyl (C=O) groups excluding carboxylic acids is 2. The van der Waals surface area contributed by atoms with Gasteiger partial charge in [-0.25, -0.2) is 4.98 Å². The Hall–Kier alpha value is -2.43. The number of carbonyl (C=O) groups is 2. The Morgan fingerprint density at radius 2 is 1.65 bits per heavy atom. The van der Waals surface area contributed by atoms with Gasteiger partial charge in [-0.05, 0) is 31.9 Å². The van der Waals surface area contributed by atoms with Gasteiger partial charge in [0.1, 0.15) is 5.82 Å². The number of aromatic amines is 1. The Morgan fingerprint density at radius 1 is 1.10 bits per heavy atom. The number of aromatic nitrogens is 2. The van der Waals surface area contributed by atoms with Crippen LogP contribution in [-0.4, -0.2) is 26.7 Å². The fourth-order valence-electron chi connectivity index (χ4n) is 2.68. The summed E-state index contributed by atoms with van der Waals surface area (Å²) in [6.45, 7) is 5.50. The minimum absolute atomic E-state index is 0.241. The first-order valence-corrected chi connectivity index (χ1v) is 6.49. The molecule has 1 aromatic carbocycles. The van der Waals surface area contributed by atoms with Crippen molar-refractivity contribution in [1.29, 1.82) is 0 Å². The highest BCUT2D eigenvalue weighted by Crippen LogP contribution is 2.33. The van der Waals surface area contributed by atoms with Gasteiger partial charge in [0, 0.05) is 12.4 Å². The van der Waals surface area contributed by atoms with E-state index in [9.17, 15) is 9.59 Å². The molecule has 1 aliphatic rings. The standard InChI is InChI=1S/C15H15N3O2/c1-8-4-5-9(2)12-11(8)14(19)18(15(12)20)10(3)13-16-6-7-17-13/h4-7,10H,1-3H3,(H,16,17). The fraction of sp³-hybridized carbons (Fsp3) is 0.267. The van der Waals surface area contributed by atoms with E-state index in [1.807, 2.05) is 26.0 Å². The van der Waals surface area contributed by atoms with E-state index < -0.39 is 6.04 Å². The average Bonchev–Trinajstić information content (AvgIpc) is 3.02. The van der Waals surface area contributed by atoms with Crippen LogP contribution in [0.4, 0.5) is 0 Å². The molecule has 3 rings (SSSR count). The Balaban J connectivity index is 2.10. The van der Waals surface area contributed by atoms with E-state index in [0.29, 0.717) is 17.0 Å². The van der Waals surface area contributed by atoms with Crippen molar-refractivity contribution in [3.05, 3.63) is 52.6 Å². The zero-order valence-corrected chi connectivity index (χ0v) is 11.6. The van der Waals surface area contributed by atoms with Crippen LogP contribution in [0.25, 0.3) is 0 Å². The molecule has 1 aliphatic heterocycles. The lowest BCUT2D eigenvalue weighted by Crippen LogP contribution is -2.33. The number of nitrogens with one attached hydrogen (secondary N) is 1. The zero-order valence-electron chi connectivity index (χ0n) is 11.6. The predicted molar refractivity (Wildman–Crippen MR) is 73.4 cm³/mol. The number of fused-ring (bicyclic) bond motifs is 1. The van der Waals surface area contributed by atoms with Crippen molar-refractivity contribution in [1.82, 2.24) is 14.9 Å². The SMILES string of the molecule is Cc1ccc(C)c2c1C(=O)N(C(C)c1ncc[nH]1)C2=O. The highest BCUT2D eigenvalue weighted by Gasteiger charge is 2.41. The third-order valence-corrected chi connectivity index (χ3v) is 3.79. The maximum absolute atomic E-state index is 12.6.